The van der Waals surface area contributed by atoms with E-state index in [0.29, 0.717) is 13.2 Å². The summed E-state index contributed by atoms with van der Waals surface area (Å²) < 4.78 is 4.98. The number of rotatable bonds is 6. The molecule has 4 heteroatoms. The molecule has 0 spiro atoms. The summed E-state index contributed by atoms with van der Waals surface area (Å²) in [6.45, 7) is 6.35. The highest BCUT2D eigenvalue weighted by Gasteiger charge is 2.27. The maximum Gasteiger partial charge on any atom is 0.242 e. The van der Waals surface area contributed by atoms with E-state index < -0.39 is 0 Å². The minimum absolute atomic E-state index is 0.0922. The minimum Gasteiger partial charge on any atom is -0.385 e. The van der Waals surface area contributed by atoms with Crippen molar-refractivity contribution >= 4 is 11.6 Å². The van der Waals surface area contributed by atoms with Crippen molar-refractivity contribution in [3.05, 3.63) is 29.3 Å². The van der Waals surface area contributed by atoms with Crippen LogP contribution < -0.4 is 10.2 Å². The lowest BCUT2D eigenvalue weighted by Gasteiger charge is -2.26. The van der Waals surface area contributed by atoms with E-state index in [2.05, 4.69) is 35.3 Å². The van der Waals surface area contributed by atoms with Gasteiger partial charge in [0.1, 0.15) is 6.04 Å². The summed E-state index contributed by atoms with van der Waals surface area (Å²) in [5.41, 5.74) is 3.83. The summed E-state index contributed by atoms with van der Waals surface area (Å²) in [5.74, 6) is 0.0922. The number of fused-ring (bicyclic) bond motifs is 1. The highest BCUT2D eigenvalue weighted by molar-refractivity contribution is 5.85. The maximum atomic E-state index is 12.2. The molecule has 110 valence electrons. The molecule has 20 heavy (non-hydrogen) atoms. The summed E-state index contributed by atoms with van der Waals surface area (Å²) in [6, 6.07) is 6.34. The van der Waals surface area contributed by atoms with Crippen molar-refractivity contribution in [3.8, 4) is 0 Å². The van der Waals surface area contributed by atoms with E-state index >= 15 is 0 Å². The largest absolute Gasteiger partial charge is 0.385 e. The van der Waals surface area contributed by atoms with Gasteiger partial charge >= 0.3 is 0 Å². The molecule has 1 aliphatic heterocycles. The maximum absolute atomic E-state index is 12.2. The third kappa shape index (κ3) is 3.31. The predicted octanol–water partition coefficient (Wildman–Crippen LogP) is 1.90. The summed E-state index contributed by atoms with van der Waals surface area (Å²) in [7, 11) is 1.67. The van der Waals surface area contributed by atoms with Gasteiger partial charge in [-0.3, -0.25) is 4.79 Å². The number of carbonyl (C=O) groups excluding carboxylic acids is 1. The molecular formula is C16H24N2O2. The molecule has 1 heterocycles. The SMILES string of the molecule is COCCCNC(=O)C(C)N1CCc2cc(C)ccc21. The number of carbonyl (C=O) groups is 1. The summed E-state index contributed by atoms with van der Waals surface area (Å²) >= 11 is 0. The summed E-state index contributed by atoms with van der Waals surface area (Å²) in [4.78, 5) is 14.4. The van der Waals surface area contributed by atoms with E-state index in [-0.39, 0.29) is 11.9 Å². The number of hydrogen-bond acceptors (Lipinski definition) is 3. The zero-order valence-electron chi connectivity index (χ0n) is 12.6. The van der Waals surface area contributed by atoms with Gasteiger partial charge < -0.3 is 15.0 Å². The number of nitrogens with one attached hydrogen (secondary N) is 1. The molecule has 0 saturated heterocycles. The zero-order valence-corrected chi connectivity index (χ0v) is 12.6. The van der Waals surface area contributed by atoms with Gasteiger partial charge in [-0.15, -0.1) is 0 Å². The van der Waals surface area contributed by atoms with Gasteiger partial charge in [0.2, 0.25) is 5.91 Å². The molecule has 0 aliphatic carbocycles. The van der Waals surface area contributed by atoms with Gasteiger partial charge in [0.15, 0.2) is 0 Å². The number of methoxy groups -OCH3 is 1. The van der Waals surface area contributed by atoms with Crippen LogP contribution >= 0.6 is 0 Å². The number of nitrogens with zero attached hydrogens (tertiary/aromatic N) is 1. The molecule has 1 N–H and O–H groups in total. The molecule has 1 atom stereocenters. The van der Waals surface area contributed by atoms with Crippen molar-refractivity contribution < 1.29 is 9.53 Å². The van der Waals surface area contributed by atoms with E-state index in [4.69, 9.17) is 4.74 Å². The first kappa shape index (κ1) is 14.9. The molecule has 1 aliphatic rings. The Balaban J connectivity index is 1.94. The molecule has 1 aromatic carbocycles. The summed E-state index contributed by atoms with van der Waals surface area (Å²) in [5, 5.41) is 2.98. The number of hydrogen-bond donors (Lipinski definition) is 1. The van der Waals surface area contributed by atoms with Gasteiger partial charge in [-0.05, 0) is 38.3 Å². The number of benzene rings is 1. The Morgan fingerprint density at radius 1 is 1.50 bits per heavy atom. The normalized spacial score (nSPS) is 15.1. The first-order valence-electron chi connectivity index (χ1n) is 7.26. The van der Waals surface area contributed by atoms with Gasteiger partial charge in [0.25, 0.3) is 0 Å². The van der Waals surface area contributed by atoms with E-state index in [9.17, 15) is 4.79 Å². The molecule has 0 radical (unpaired) electrons. The molecule has 1 unspecified atom stereocenters. The lowest BCUT2D eigenvalue weighted by atomic mass is 10.1. The lowest BCUT2D eigenvalue weighted by molar-refractivity contribution is -0.122. The Hall–Kier alpha value is -1.55. The average Bonchev–Trinajstić information content (AvgIpc) is 2.85. The van der Waals surface area contributed by atoms with Crippen LogP contribution in [-0.4, -0.2) is 38.8 Å². The fourth-order valence-electron chi connectivity index (χ4n) is 2.68. The molecular weight excluding hydrogens is 252 g/mol. The van der Waals surface area contributed by atoms with Crippen LogP contribution in [0.15, 0.2) is 18.2 Å². The van der Waals surface area contributed by atoms with Gasteiger partial charge in [-0.1, -0.05) is 17.7 Å². The topological polar surface area (TPSA) is 41.6 Å². The number of anilines is 1. The third-order valence-corrected chi connectivity index (χ3v) is 3.84. The van der Waals surface area contributed by atoms with E-state index in [1.165, 1.54) is 16.8 Å². The highest BCUT2D eigenvalue weighted by Crippen LogP contribution is 2.30. The van der Waals surface area contributed by atoms with Gasteiger partial charge in [0, 0.05) is 32.5 Å². The standard InChI is InChI=1S/C16H24N2O2/c1-12-5-6-15-14(11-12)7-9-18(15)13(2)16(19)17-8-4-10-20-3/h5-6,11,13H,4,7-10H2,1-3H3,(H,17,19). The second-order valence-electron chi connectivity index (χ2n) is 5.39. The molecule has 2 rings (SSSR count). The van der Waals surface area contributed by atoms with Crippen LogP contribution in [0.1, 0.15) is 24.5 Å². The minimum atomic E-state index is -0.124. The zero-order chi connectivity index (χ0) is 14.5. The van der Waals surface area contributed by atoms with Crippen molar-refractivity contribution in [2.45, 2.75) is 32.7 Å². The van der Waals surface area contributed by atoms with Crippen molar-refractivity contribution in [3.63, 3.8) is 0 Å². The van der Waals surface area contributed by atoms with E-state index in [1.807, 2.05) is 6.92 Å². The van der Waals surface area contributed by atoms with E-state index in [0.717, 1.165) is 19.4 Å². The predicted molar refractivity (Wildman–Crippen MR) is 81.2 cm³/mol. The van der Waals surface area contributed by atoms with Crippen LogP contribution in [0.5, 0.6) is 0 Å². The second-order valence-corrected chi connectivity index (χ2v) is 5.39. The smallest absolute Gasteiger partial charge is 0.242 e. The van der Waals surface area contributed by atoms with Crippen LogP contribution in [0.2, 0.25) is 0 Å². The van der Waals surface area contributed by atoms with Crippen molar-refractivity contribution in [2.75, 3.05) is 31.7 Å². The molecule has 0 aromatic heterocycles. The molecule has 1 aromatic rings. The number of ether oxygens (including phenoxy) is 1. The fraction of sp³-hybridized carbons (Fsp3) is 0.562. The fourth-order valence-corrected chi connectivity index (χ4v) is 2.68. The molecule has 0 bridgehead atoms. The van der Waals surface area contributed by atoms with Crippen LogP contribution in [-0.2, 0) is 16.0 Å². The molecule has 1 amide bonds. The van der Waals surface area contributed by atoms with Gasteiger partial charge in [-0.2, -0.15) is 0 Å². The van der Waals surface area contributed by atoms with Gasteiger partial charge in [-0.25, -0.2) is 0 Å². The Morgan fingerprint density at radius 2 is 2.30 bits per heavy atom. The second kappa shape index (κ2) is 6.75. The lowest BCUT2D eigenvalue weighted by Crippen LogP contribution is -2.45. The first-order chi connectivity index (χ1) is 9.63. The van der Waals surface area contributed by atoms with Crippen LogP contribution in [0.3, 0.4) is 0 Å². The number of amides is 1. The number of aryl methyl sites for hydroxylation is 1. The Morgan fingerprint density at radius 3 is 3.05 bits per heavy atom. The van der Waals surface area contributed by atoms with Crippen LogP contribution in [0.4, 0.5) is 5.69 Å². The molecule has 0 saturated carbocycles. The van der Waals surface area contributed by atoms with E-state index in [1.54, 1.807) is 7.11 Å². The van der Waals surface area contributed by atoms with Gasteiger partial charge in [0.05, 0.1) is 0 Å². The average molecular weight is 276 g/mol. The monoisotopic (exact) mass is 276 g/mol. The highest BCUT2D eigenvalue weighted by atomic mass is 16.5. The third-order valence-electron chi connectivity index (χ3n) is 3.84. The Kier molecular flexibility index (Phi) is 5.01. The quantitative estimate of drug-likeness (QED) is 0.807. The van der Waals surface area contributed by atoms with Crippen molar-refractivity contribution in [1.29, 1.82) is 0 Å². The Bertz CT molecular complexity index is 474. The van der Waals surface area contributed by atoms with Crippen LogP contribution in [0, 0.1) is 6.92 Å². The molecule has 4 nitrogen and oxygen atoms in total. The summed E-state index contributed by atoms with van der Waals surface area (Å²) in [6.07, 6.45) is 1.88. The first-order valence-corrected chi connectivity index (χ1v) is 7.26. The Labute approximate surface area is 121 Å². The molecule has 0 fully saturated rings. The van der Waals surface area contributed by atoms with Crippen molar-refractivity contribution in [2.24, 2.45) is 0 Å². The van der Waals surface area contributed by atoms with Crippen LogP contribution in [0.25, 0.3) is 0 Å². The van der Waals surface area contributed by atoms with Crippen molar-refractivity contribution in [1.82, 2.24) is 5.32 Å².